The minimum atomic E-state index is 0.625. The number of aryl methyl sites for hydroxylation is 1. The maximum absolute atomic E-state index is 5.19. The van der Waals surface area contributed by atoms with Crippen LogP contribution < -0.4 is 4.74 Å². The van der Waals surface area contributed by atoms with Crippen LogP contribution in [0.1, 0.15) is 16.8 Å². The molecule has 0 bridgehead atoms. The third-order valence-electron chi connectivity index (χ3n) is 4.16. The predicted octanol–water partition coefficient (Wildman–Crippen LogP) is 2.46. The number of benzene rings is 1. The molecule has 1 aromatic carbocycles. The molecular formula is C20H18N6O. The zero-order valence-corrected chi connectivity index (χ0v) is 15.0. The van der Waals surface area contributed by atoms with E-state index in [1.54, 1.807) is 24.2 Å². The van der Waals surface area contributed by atoms with E-state index >= 15 is 0 Å². The monoisotopic (exact) mass is 358 g/mol. The SMILES string of the molecule is COc1cn[nH]c1C#Cc1cnn(Cc2ccccc2-c2cnn(C)c2)c1. The summed E-state index contributed by atoms with van der Waals surface area (Å²) in [6.07, 6.45) is 9.16. The Bertz CT molecular complexity index is 1120. The third kappa shape index (κ3) is 3.60. The van der Waals surface area contributed by atoms with Crippen LogP contribution in [0.4, 0.5) is 0 Å². The largest absolute Gasteiger partial charge is 0.492 e. The van der Waals surface area contributed by atoms with Crippen molar-refractivity contribution in [2.75, 3.05) is 7.11 Å². The molecule has 0 saturated heterocycles. The molecule has 3 aromatic heterocycles. The highest BCUT2D eigenvalue weighted by molar-refractivity contribution is 5.65. The number of nitrogens with zero attached hydrogens (tertiary/aromatic N) is 5. The summed E-state index contributed by atoms with van der Waals surface area (Å²) in [7, 11) is 3.51. The highest BCUT2D eigenvalue weighted by Crippen LogP contribution is 2.23. The van der Waals surface area contributed by atoms with E-state index < -0.39 is 0 Å². The van der Waals surface area contributed by atoms with Crippen LogP contribution in [0, 0.1) is 11.8 Å². The van der Waals surface area contributed by atoms with Gasteiger partial charge in [-0.3, -0.25) is 14.5 Å². The van der Waals surface area contributed by atoms with Crippen LogP contribution in [0.3, 0.4) is 0 Å². The van der Waals surface area contributed by atoms with Crippen molar-refractivity contribution < 1.29 is 4.74 Å². The van der Waals surface area contributed by atoms with Gasteiger partial charge in [-0.2, -0.15) is 15.3 Å². The Balaban J connectivity index is 1.56. The molecule has 0 fully saturated rings. The topological polar surface area (TPSA) is 73.6 Å². The van der Waals surface area contributed by atoms with Crippen LogP contribution in [0.2, 0.25) is 0 Å². The van der Waals surface area contributed by atoms with Crippen LogP contribution in [0.25, 0.3) is 11.1 Å². The van der Waals surface area contributed by atoms with Gasteiger partial charge in [0.2, 0.25) is 0 Å². The molecule has 134 valence electrons. The van der Waals surface area contributed by atoms with Gasteiger partial charge in [0.15, 0.2) is 11.4 Å². The van der Waals surface area contributed by atoms with Gasteiger partial charge >= 0.3 is 0 Å². The molecule has 0 amide bonds. The smallest absolute Gasteiger partial charge is 0.172 e. The Morgan fingerprint density at radius 3 is 2.78 bits per heavy atom. The molecule has 4 rings (SSSR count). The average molecular weight is 358 g/mol. The molecule has 0 unspecified atom stereocenters. The van der Waals surface area contributed by atoms with Gasteiger partial charge in [0, 0.05) is 25.0 Å². The zero-order valence-electron chi connectivity index (χ0n) is 15.0. The molecule has 7 nitrogen and oxygen atoms in total. The summed E-state index contributed by atoms with van der Waals surface area (Å²) < 4.78 is 8.87. The molecule has 4 aromatic rings. The summed E-state index contributed by atoms with van der Waals surface area (Å²) >= 11 is 0. The molecule has 0 radical (unpaired) electrons. The van der Waals surface area contributed by atoms with Crippen LogP contribution in [-0.4, -0.2) is 36.9 Å². The summed E-state index contributed by atoms with van der Waals surface area (Å²) in [5.41, 5.74) is 4.88. The molecule has 27 heavy (non-hydrogen) atoms. The van der Waals surface area contributed by atoms with E-state index in [0.717, 1.165) is 16.7 Å². The predicted molar refractivity (Wildman–Crippen MR) is 101 cm³/mol. The molecule has 0 atom stereocenters. The van der Waals surface area contributed by atoms with Crippen LogP contribution in [0.5, 0.6) is 5.75 Å². The lowest BCUT2D eigenvalue weighted by molar-refractivity contribution is 0.414. The first kappa shape index (κ1) is 16.7. The number of hydrogen-bond donors (Lipinski definition) is 1. The standard InChI is InChI=1S/C20H18N6O/c1-25-13-17(10-22-25)18-6-4-3-5-16(18)14-26-12-15(9-23-26)7-8-19-20(27-2)11-21-24-19/h3-6,9-13H,14H2,1-2H3,(H,21,24). The summed E-state index contributed by atoms with van der Waals surface area (Å²) in [6, 6.07) is 8.26. The van der Waals surface area contributed by atoms with Gasteiger partial charge in [-0.25, -0.2) is 0 Å². The van der Waals surface area contributed by atoms with Crippen LogP contribution in [-0.2, 0) is 13.6 Å². The van der Waals surface area contributed by atoms with Gasteiger partial charge in [0.25, 0.3) is 0 Å². The summed E-state index contributed by atoms with van der Waals surface area (Å²) in [5, 5.41) is 15.4. The van der Waals surface area contributed by atoms with Crippen molar-refractivity contribution >= 4 is 0 Å². The van der Waals surface area contributed by atoms with E-state index in [4.69, 9.17) is 4.74 Å². The number of methoxy groups -OCH3 is 1. The molecule has 1 N–H and O–H groups in total. The second-order valence-electron chi connectivity index (χ2n) is 6.05. The van der Waals surface area contributed by atoms with Crippen molar-refractivity contribution in [3.05, 3.63) is 72.1 Å². The maximum Gasteiger partial charge on any atom is 0.172 e. The van der Waals surface area contributed by atoms with Gasteiger partial charge in [0.05, 0.1) is 37.8 Å². The Kier molecular flexibility index (Phi) is 4.45. The first-order valence-electron chi connectivity index (χ1n) is 8.41. The molecule has 3 heterocycles. The van der Waals surface area contributed by atoms with Crippen molar-refractivity contribution in [3.63, 3.8) is 0 Å². The van der Waals surface area contributed by atoms with E-state index in [-0.39, 0.29) is 0 Å². The number of nitrogens with one attached hydrogen (secondary N) is 1. The Labute approximate surface area is 156 Å². The van der Waals surface area contributed by atoms with Crippen molar-refractivity contribution in [1.29, 1.82) is 0 Å². The van der Waals surface area contributed by atoms with Gasteiger partial charge in [-0.15, -0.1) is 0 Å². The average Bonchev–Trinajstić information content (AvgIpc) is 3.41. The Morgan fingerprint density at radius 1 is 1.07 bits per heavy atom. The van der Waals surface area contributed by atoms with Gasteiger partial charge in [-0.05, 0) is 17.0 Å². The minimum Gasteiger partial charge on any atom is -0.492 e. The number of rotatable bonds is 4. The minimum absolute atomic E-state index is 0.625. The van der Waals surface area contributed by atoms with Gasteiger partial charge < -0.3 is 4.74 Å². The Hall–Kier alpha value is -3.79. The second kappa shape index (κ2) is 7.22. The highest BCUT2D eigenvalue weighted by Gasteiger charge is 2.08. The lowest BCUT2D eigenvalue weighted by atomic mass is 10.0. The fourth-order valence-electron chi connectivity index (χ4n) is 2.84. The zero-order chi connectivity index (χ0) is 18.6. The van der Waals surface area contributed by atoms with Gasteiger partial charge in [0.1, 0.15) is 0 Å². The van der Waals surface area contributed by atoms with Crippen molar-refractivity contribution in [2.24, 2.45) is 7.05 Å². The normalized spacial score (nSPS) is 10.4. The molecule has 0 saturated carbocycles. The highest BCUT2D eigenvalue weighted by atomic mass is 16.5. The number of hydrogen-bond acceptors (Lipinski definition) is 4. The number of aromatic nitrogens is 6. The lowest BCUT2D eigenvalue weighted by Crippen LogP contribution is -2.01. The van der Waals surface area contributed by atoms with E-state index in [1.807, 2.05) is 42.5 Å². The third-order valence-corrected chi connectivity index (χ3v) is 4.16. The van der Waals surface area contributed by atoms with E-state index in [0.29, 0.717) is 18.0 Å². The van der Waals surface area contributed by atoms with Crippen molar-refractivity contribution in [1.82, 2.24) is 29.8 Å². The number of H-pyrrole nitrogens is 1. The molecule has 0 aliphatic carbocycles. The first-order chi connectivity index (χ1) is 13.2. The summed E-state index contributed by atoms with van der Waals surface area (Å²) in [4.78, 5) is 0. The van der Waals surface area contributed by atoms with Crippen molar-refractivity contribution in [2.45, 2.75) is 6.54 Å². The molecule has 0 spiro atoms. The van der Waals surface area contributed by atoms with Gasteiger partial charge in [-0.1, -0.05) is 30.2 Å². The molecule has 7 heteroatoms. The molecule has 0 aliphatic rings. The fraction of sp³-hybridized carbons (Fsp3) is 0.150. The maximum atomic E-state index is 5.19. The quantitative estimate of drug-likeness (QED) is 0.569. The second-order valence-corrected chi connectivity index (χ2v) is 6.05. The number of aromatic amines is 1. The summed E-state index contributed by atoms with van der Waals surface area (Å²) in [6.45, 7) is 0.653. The van der Waals surface area contributed by atoms with Crippen LogP contribution in [0.15, 0.2) is 55.2 Å². The van der Waals surface area contributed by atoms with E-state index in [1.165, 1.54) is 5.56 Å². The number of ether oxygens (including phenoxy) is 1. The summed E-state index contributed by atoms with van der Waals surface area (Å²) in [5.74, 6) is 6.73. The fourth-order valence-corrected chi connectivity index (χ4v) is 2.84. The van der Waals surface area contributed by atoms with E-state index in [9.17, 15) is 0 Å². The Morgan fingerprint density at radius 2 is 1.96 bits per heavy atom. The van der Waals surface area contributed by atoms with Crippen LogP contribution >= 0.6 is 0 Å². The molecular weight excluding hydrogens is 340 g/mol. The molecule has 0 aliphatic heterocycles. The van der Waals surface area contributed by atoms with E-state index in [2.05, 4.69) is 44.4 Å². The lowest BCUT2D eigenvalue weighted by Gasteiger charge is -2.07. The first-order valence-corrected chi connectivity index (χ1v) is 8.41. The van der Waals surface area contributed by atoms with Crippen molar-refractivity contribution in [3.8, 4) is 28.7 Å².